The first-order valence-corrected chi connectivity index (χ1v) is 13.9. The average molecular weight is 616 g/mol. The molecule has 0 saturated heterocycles. The Hall–Kier alpha value is -1.95. The standard InChI is InChI=1S/3C9H19NO4/c3*1-9(2,6-12)7(13)8(14)10-4-3-5-11/h3*7,11-13H,3-6H2,1-2H3,(H,10,14)/t3*7-/m100/s1. The zero-order chi connectivity index (χ0) is 33.6. The lowest BCUT2D eigenvalue weighted by atomic mass is 9.87. The van der Waals surface area contributed by atoms with E-state index in [9.17, 15) is 29.7 Å². The normalized spacial score (nSPS) is 13.8. The molecule has 0 aliphatic carbocycles. The maximum absolute atomic E-state index is 11.3. The van der Waals surface area contributed by atoms with Crippen LogP contribution in [0.15, 0.2) is 0 Å². The van der Waals surface area contributed by atoms with Crippen LogP contribution in [0.2, 0.25) is 0 Å². The first kappa shape index (κ1) is 44.5. The molecule has 0 aromatic heterocycles. The van der Waals surface area contributed by atoms with Gasteiger partial charge in [0, 0.05) is 55.7 Å². The summed E-state index contributed by atoms with van der Waals surface area (Å²) in [5.41, 5.74) is -2.53. The number of aliphatic hydroxyl groups is 9. The van der Waals surface area contributed by atoms with Gasteiger partial charge in [0.2, 0.25) is 17.7 Å². The molecule has 0 fully saturated rings. The Kier molecular flexibility index (Phi) is 24.9. The molecule has 0 aromatic rings. The number of rotatable bonds is 18. The van der Waals surface area contributed by atoms with Crippen molar-refractivity contribution in [1.82, 2.24) is 16.0 Å². The summed E-state index contributed by atoms with van der Waals surface area (Å²) in [6, 6.07) is 0. The summed E-state index contributed by atoms with van der Waals surface area (Å²) in [7, 11) is 0. The van der Waals surface area contributed by atoms with Crippen LogP contribution < -0.4 is 16.0 Å². The monoisotopic (exact) mass is 615 g/mol. The minimum absolute atomic E-state index is 0.000230. The SMILES string of the molecule is CC(C)(CO)[C@@H](O)C(=O)NCCCO.CC(C)(CO)[C@@H](O)C(=O)NCCCO.CC(C)(CO)[C@H](O)C(=O)NCCCO. The fraction of sp³-hybridized carbons (Fsp3) is 0.889. The fourth-order valence-corrected chi connectivity index (χ4v) is 2.49. The van der Waals surface area contributed by atoms with Crippen LogP contribution in [0.25, 0.3) is 0 Å². The molecular formula is C27H57N3O12. The molecule has 3 atom stereocenters. The number of hydrogen-bond acceptors (Lipinski definition) is 12. The van der Waals surface area contributed by atoms with E-state index in [0.29, 0.717) is 38.9 Å². The van der Waals surface area contributed by atoms with Gasteiger partial charge in [-0.1, -0.05) is 41.5 Å². The van der Waals surface area contributed by atoms with E-state index < -0.39 is 52.3 Å². The quantitative estimate of drug-likeness (QED) is 0.0673. The predicted octanol–water partition coefficient (Wildman–Crippen LogP) is -3.41. The second-order valence-corrected chi connectivity index (χ2v) is 11.8. The van der Waals surface area contributed by atoms with Gasteiger partial charge >= 0.3 is 0 Å². The summed E-state index contributed by atoms with van der Waals surface area (Å²) < 4.78 is 0. The van der Waals surface area contributed by atoms with E-state index in [1.54, 1.807) is 41.5 Å². The van der Waals surface area contributed by atoms with Gasteiger partial charge in [0.25, 0.3) is 0 Å². The topological polar surface area (TPSA) is 269 Å². The van der Waals surface area contributed by atoms with Crippen LogP contribution in [0.3, 0.4) is 0 Å². The molecule has 42 heavy (non-hydrogen) atoms. The molecule has 0 aliphatic rings. The number of nitrogens with one attached hydrogen (secondary N) is 3. The first-order valence-electron chi connectivity index (χ1n) is 13.9. The van der Waals surface area contributed by atoms with E-state index in [4.69, 9.17) is 30.6 Å². The van der Waals surface area contributed by atoms with Crippen LogP contribution in [0.4, 0.5) is 0 Å². The number of carbonyl (C=O) groups is 3. The van der Waals surface area contributed by atoms with E-state index >= 15 is 0 Å². The van der Waals surface area contributed by atoms with Crippen molar-refractivity contribution in [3.05, 3.63) is 0 Å². The van der Waals surface area contributed by atoms with Crippen molar-refractivity contribution < 1.29 is 60.3 Å². The van der Waals surface area contributed by atoms with Gasteiger partial charge in [-0.15, -0.1) is 0 Å². The Labute approximate surface area is 249 Å². The second kappa shape index (κ2) is 23.5. The van der Waals surface area contributed by atoms with Gasteiger partial charge in [-0.2, -0.15) is 0 Å². The smallest absolute Gasteiger partial charge is 0.249 e. The van der Waals surface area contributed by atoms with Gasteiger partial charge < -0.3 is 61.9 Å². The van der Waals surface area contributed by atoms with Gasteiger partial charge in [0.15, 0.2) is 0 Å². The molecule has 0 bridgehead atoms. The summed E-state index contributed by atoms with van der Waals surface area (Å²) in [6.07, 6.45) is -2.32. The van der Waals surface area contributed by atoms with Crippen molar-refractivity contribution in [2.45, 2.75) is 79.1 Å². The molecule has 0 saturated carbocycles. The van der Waals surface area contributed by atoms with Gasteiger partial charge in [-0.25, -0.2) is 0 Å². The van der Waals surface area contributed by atoms with Crippen molar-refractivity contribution in [3.8, 4) is 0 Å². The predicted molar refractivity (Wildman–Crippen MR) is 155 cm³/mol. The first-order chi connectivity index (χ1) is 19.4. The summed E-state index contributed by atoms with van der Waals surface area (Å²) in [5, 5.41) is 88.0. The van der Waals surface area contributed by atoms with Gasteiger partial charge in [-0.3, -0.25) is 14.4 Å². The van der Waals surface area contributed by atoms with Crippen LogP contribution >= 0.6 is 0 Å². The average Bonchev–Trinajstić information content (AvgIpc) is 2.96. The Bertz CT molecular complexity index is 640. The van der Waals surface area contributed by atoms with E-state index in [1.807, 2.05) is 0 Å². The highest BCUT2D eigenvalue weighted by Gasteiger charge is 2.34. The highest BCUT2D eigenvalue weighted by Crippen LogP contribution is 2.20. The molecule has 0 heterocycles. The van der Waals surface area contributed by atoms with Crippen molar-refractivity contribution in [3.63, 3.8) is 0 Å². The lowest BCUT2D eigenvalue weighted by molar-refractivity contribution is -0.137. The minimum Gasteiger partial charge on any atom is -0.396 e. The van der Waals surface area contributed by atoms with Crippen LogP contribution in [0.1, 0.15) is 60.8 Å². The van der Waals surface area contributed by atoms with Crippen molar-refractivity contribution >= 4 is 17.7 Å². The molecule has 3 amide bonds. The summed E-state index contributed by atoms with van der Waals surface area (Å²) >= 11 is 0. The third-order valence-corrected chi connectivity index (χ3v) is 6.09. The largest absolute Gasteiger partial charge is 0.396 e. The maximum Gasteiger partial charge on any atom is 0.249 e. The Morgan fingerprint density at radius 3 is 0.810 bits per heavy atom. The van der Waals surface area contributed by atoms with E-state index in [1.165, 1.54) is 0 Å². The number of hydrogen-bond donors (Lipinski definition) is 12. The molecule has 15 heteroatoms. The molecule has 12 N–H and O–H groups in total. The summed E-state index contributed by atoms with van der Waals surface area (Å²) in [4.78, 5) is 33.8. The van der Waals surface area contributed by atoms with Crippen molar-refractivity contribution in [2.75, 3.05) is 59.3 Å². The Morgan fingerprint density at radius 1 is 0.476 bits per heavy atom. The molecule has 252 valence electrons. The third-order valence-electron chi connectivity index (χ3n) is 6.09. The zero-order valence-electron chi connectivity index (χ0n) is 26.0. The molecule has 0 unspecified atom stereocenters. The lowest BCUT2D eigenvalue weighted by Crippen LogP contribution is -2.45. The molecule has 0 aromatic carbocycles. The molecule has 0 rings (SSSR count). The fourth-order valence-electron chi connectivity index (χ4n) is 2.49. The molecule has 0 radical (unpaired) electrons. The van der Waals surface area contributed by atoms with E-state index in [0.717, 1.165) is 0 Å². The minimum atomic E-state index is -1.23. The third kappa shape index (κ3) is 19.3. The lowest BCUT2D eigenvalue weighted by Gasteiger charge is -2.27. The van der Waals surface area contributed by atoms with Crippen molar-refractivity contribution in [1.29, 1.82) is 0 Å². The van der Waals surface area contributed by atoms with E-state index in [-0.39, 0.29) is 39.6 Å². The van der Waals surface area contributed by atoms with Crippen LogP contribution in [-0.4, -0.2) is 141 Å². The van der Waals surface area contributed by atoms with Gasteiger partial charge in [0.05, 0.1) is 19.8 Å². The van der Waals surface area contributed by atoms with Gasteiger partial charge in [0.1, 0.15) is 18.3 Å². The highest BCUT2D eigenvalue weighted by atomic mass is 16.3. The van der Waals surface area contributed by atoms with Crippen LogP contribution in [0, 0.1) is 16.2 Å². The van der Waals surface area contributed by atoms with Gasteiger partial charge in [-0.05, 0) is 19.3 Å². The molecule has 0 aliphatic heterocycles. The summed E-state index contributed by atoms with van der Waals surface area (Å²) in [5.74, 6) is -1.55. The number of carbonyl (C=O) groups excluding carboxylic acids is 3. The Balaban J connectivity index is -0.000000543. The zero-order valence-corrected chi connectivity index (χ0v) is 26.0. The Morgan fingerprint density at radius 2 is 0.667 bits per heavy atom. The molecular weight excluding hydrogens is 558 g/mol. The van der Waals surface area contributed by atoms with E-state index in [2.05, 4.69) is 16.0 Å². The maximum atomic E-state index is 11.3. The van der Waals surface area contributed by atoms with Crippen LogP contribution in [0.5, 0.6) is 0 Å². The molecule has 15 nitrogen and oxygen atoms in total. The number of aliphatic hydroxyl groups excluding tert-OH is 9. The van der Waals surface area contributed by atoms with Crippen LogP contribution in [-0.2, 0) is 14.4 Å². The summed E-state index contributed by atoms with van der Waals surface area (Å²) in [6.45, 7) is 9.80. The number of amides is 3. The van der Waals surface area contributed by atoms with Crippen molar-refractivity contribution in [2.24, 2.45) is 16.2 Å². The molecule has 0 spiro atoms. The highest BCUT2D eigenvalue weighted by molar-refractivity contribution is 5.82. The second-order valence-electron chi connectivity index (χ2n) is 11.8.